The van der Waals surface area contributed by atoms with Crippen LogP contribution in [0.15, 0.2) is 35.3 Å². The van der Waals surface area contributed by atoms with Crippen molar-refractivity contribution in [3.05, 3.63) is 46.7 Å². The Kier molecular flexibility index (Phi) is 6.13. The summed E-state index contributed by atoms with van der Waals surface area (Å²) in [4.78, 5) is 14.3. The molecule has 0 radical (unpaired) electrons. The van der Waals surface area contributed by atoms with E-state index in [1.165, 1.54) is 5.56 Å². The van der Waals surface area contributed by atoms with Crippen LogP contribution in [0.4, 0.5) is 5.95 Å². The van der Waals surface area contributed by atoms with Crippen molar-refractivity contribution in [2.24, 2.45) is 4.99 Å². The van der Waals surface area contributed by atoms with Gasteiger partial charge in [0.25, 0.3) is 0 Å². The molecular weight excluding hydrogens is 362 g/mol. The van der Waals surface area contributed by atoms with Gasteiger partial charge >= 0.3 is 0 Å². The molecule has 4 rings (SSSR count). The van der Waals surface area contributed by atoms with E-state index in [-0.39, 0.29) is 6.29 Å². The van der Waals surface area contributed by atoms with Crippen LogP contribution in [-0.2, 0) is 13.0 Å². The highest BCUT2D eigenvalue weighted by Gasteiger charge is 2.22. The molecule has 0 spiro atoms. The highest BCUT2D eigenvalue weighted by atomic mass is 15.4. The third-order valence-electron chi connectivity index (χ3n) is 5.32. The summed E-state index contributed by atoms with van der Waals surface area (Å²) in [5, 5.41) is 7.98. The first-order valence-electron chi connectivity index (χ1n) is 10.3. The molecule has 0 aliphatic carbocycles. The topological polar surface area (TPSA) is 60.7 Å². The summed E-state index contributed by atoms with van der Waals surface area (Å²) < 4.78 is 2.19. The van der Waals surface area contributed by atoms with Crippen molar-refractivity contribution in [2.45, 2.75) is 26.2 Å². The SMILES string of the molecule is CC#CCn1c(N2CCNCC2)nc2c1=CN(C)C(NCCc1ccccc1)N=2. The Morgan fingerprint density at radius 1 is 1.21 bits per heavy atom. The first-order valence-corrected chi connectivity index (χ1v) is 10.3. The van der Waals surface area contributed by atoms with Gasteiger partial charge in [0.05, 0.1) is 6.54 Å². The number of piperazine rings is 1. The molecule has 1 saturated heterocycles. The zero-order valence-corrected chi connectivity index (χ0v) is 17.2. The molecule has 7 nitrogen and oxygen atoms in total. The molecule has 2 N–H and O–H groups in total. The molecule has 7 heteroatoms. The fraction of sp³-hybridized carbons (Fsp3) is 0.455. The fourth-order valence-corrected chi connectivity index (χ4v) is 3.73. The second-order valence-electron chi connectivity index (χ2n) is 7.36. The highest BCUT2D eigenvalue weighted by molar-refractivity contribution is 5.36. The summed E-state index contributed by atoms with van der Waals surface area (Å²) >= 11 is 0. The van der Waals surface area contributed by atoms with E-state index in [2.05, 4.69) is 74.4 Å². The Morgan fingerprint density at radius 2 is 2.00 bits per heavy atom. The summed E-state index contributed by atoms with van der Waals surface area (Å²) in [6.07, 6.45) is 3.00. The van der Waals surface area contributed by atoms with Gasteiger partial charge in [0.1, 0.15) is 5.35 Å². The largest absolute Gasteiger partial charge is 0.345 e. The Balaban J connectivity index is 1.57. The number of benzene rings is 1. The number of anilines is 1. The number of nitrogens with one attached hydrogen (secondary N) is 2. The van der Waals surface area contributed by atoms with Crippen LogP contribution in [0.1, 0.15) is 12.5 Å². The standard InChI is InChI=1S/C22H29N7/c1-3-4-14-29-19-17-27(2)21(24-11-10-18-8-6-5-7-9-18)25-20(19)26-22(29)28-15-12-23-13-16-28/h5-9,17,21,23-24H,10-16H2,1-2H3. The van der Waals surface area contributed by atoms with Crippen molar-refractivity contribution in [3.63, 3.8) is 0 Å². The molecule has 2 aromatic rings. The van der Waals surface area contributed by atoms with Crippen molar-refractivity contribution in [3.8, 4) is 11.8 Å². The first-order chi connectivity index (χ1) is 14.3. The summed E-state index contributed by atoms with van der Waals surface area (Å²) in [7, 11) is 2.06. The van der Waals surface area contributed by atoms with Crippen LogP contribution in [0.25, 0.3) is 6.20 Å². The molecule has 1 aromatic heterocycles. The number of hydrogen-bond donors (Lipinski definition) is 2. The smallest absolute Gasteiger partial charge is 0.209 e. The van der Waals surface area contributed by atoms with Crippen molar-refractivity contribution >= 4 is 12.1 Å². The van der Waals surface area contributed by atoms with Crippen LogP contribution in [0.2, 0.25) is 0 Å². The lowest BCUT2D eigenvalue weighted by atomic mass is 10.1. The average molecular weight is 392 g/mol. The van der Waals surface area contributed by atoms with Crippen molar-refractivity contribution in [1.29, 1.82) is 0 Å². The molecular formula is C22H29N7. The number of aromatic nitrogens is 2. The zero-order chi connectivity index (χ0) is 20.1. The fourth-order valence-electron chi connectivity index (χ4n) is 3.73. The predicted octanol–water partition coefficient (Wildman–Crippen LogP) is -0.265. The van der Waals surface area contributed by atoms with Gasteiger partial charge in [-0.05, 0) is 18.9 Å². The van der Waals surface area contributed by atoms with Crippen molar-refractivity contribution in [1.82, 2.24) is 25.1 Å². The van der Waals surface area contributed by atoms with Gasteiger partial charge in [0, 0.05) is 46.0 Å². The van der Waals surface area contributed by atoms with Gasteiger partial charge in [-0.1, -0.05) is 36.3 Å². The van der Waals surface area contributed by atoms with E-state index >= 15 is 0 Å². The molecule has 0 bridgehead atoms. The third-order valence-corrected chi connectivity index (χ3v) is 5.32. The van der Waals surface area contributed by atoms with Crippen molar-refractivity contribution in [2.75, 3.05) is 44.7 Å². The van der Waals surface area contributed by atoms with Crippen LogP contribution in [-0.4, -0.2) is 60.5 Å². The van der Waals surface area contributed by atoms with E-state index in [1.807, 2.05) is 13.0 Å². The lowest BCUT2D eigenvalue weighted by Crippen LogP contribution is -2.49. The lowest BCUT2D eigenvalue weighted by Gasteiger charge is -2.28. The summed E-state index contributed by atoms with van der Waals surface area (Å²) in [6, 6.07) is 10.5. The molecule has 0 saturated carbocycles. The Labute approximate surface area is 172 Å². The molecule has 2 aliphatic heterocycles. The second kappa shape index (κ2) is 9.12. The molecule has 1 atom stereocenters. The van der Waals surface area contributed by atoms with E-state index in [0.29, 0.717) is 6.54 Å². The maximum Gasteiger partial charge on any atom is 0.209 e. The minimum absolute atomic E-state index is 0.109. The maximum absolute atomic E-state index is 4.91. The van der Waals surface area contributed by atoms with Gasteiger partial charge in [-0.3, -0.25) is 9.88 Å². The third kappa shape index (κ3) is 4.44. The van der Waals surface area contributed by atoms with E-state index in [0.717, 1.165) is 55.9 Å². The van der Waals surface area contributed by atoms with E-state index < -0.39 is 0 Å². The monoisotopic (exact) mass is 391 g/mol. The Hall–Kier alpha value is -2.82. The minimum Gasteiger partial charge on any atom is -0.345 e. The molecule has 29 heavy (non-hydrogen) atoms. The maximum atomic E-state index is 4.91. The number of imidazole rings is 1. The minimum atomic E-state index is -0.109. The van der Waals surface area contributed by atoms with Crippen LogP contribution in [0, 0.1) is 11.8 Å². The molecule has 1 unspecified atom stereocenters. The van der Waals surface area contributed by atoms with Gasteiger partial charge in [-0.15, -0.1) is 5.92 Å². The van der Waals surface area contributed by atoms with Gasteiger partial charge in [0.2, 0.25) is 5.95 Å². The molecule has 0 amide bonds. The summed E-state index contributed by atoms with van der Waals surface area (Å²) in [5.74, 6) is 7.17. The number of rotatable bonds is 6. The highest BCUT2D eigenvalue weighted by Crippen LogP contribution is 2.10. The second-order valence-corrected chi connectivity index (χ2v) is 7.36. The summed E-state index contributed by atoms with van der Waals surface area (Å²) in [6.45, 7) is 7.21. The summed E-state index contributed by atoms with van der Waals surface area (Å²) in [5.41, 5.74) is 2.12. The number of hydrogen-bond acceptors (Lipinski definition) is 6. The van der Waals surface area contributed by atoms with E-state index in [4.69, 9.17) is 9.98 Å². The number of nitrogens with zero attached hydrogens (tertiary/aromatic N) is 5. The Bertz CT molecular complexity index is 994. The van der Waals surface area contributed by atoms with Gasteiger partial charge < -0.3 is 15.1 Å². The van der Waals surface area contributed by atoms with Gasteiger partial charge in [-0.25, -0.2) is 4.99 Å². The quantitative estimate of drug-likeness (QED) is 0.665. The average Bonchev–Trinajstić information content (AvgIpc) is 3.11. The van der Waals surface area contributed by atoms with Gasteiger partial charge in [0.15, 0.2) is 11.8 Å². The molecule has 3 heterocycles. The predicted molar refractivity (Wildman–Crippen MR) is 116 cm³/mol. The molecule has 1 aromatic carbocycles. The van der Waals surface area contributed by atoms with Crippen LogP contribution in [0.5, 0.6) is 0 Å². The van der Waals surface area contributed by atoms with Crippen LogP contribution in [0.3, 0.4) is 0 Å². The molecule has 152 valence electrons. The van der Waals surface area contributed by atoms with E-state index in [1.54, 1.807) is 0 Å². The normalized spacial score (nSPS) is 18.3. The Morgan fingerprint density at radius 3 is 2.76 bits per heavy atom. The lowest BCUT2D eigenvalue weighted by molar-refractivity contribution is 0.296. The molecule has 2 aliphatic rings. The number of fused-ring (bicyclic) bond motifs is 1. The van der Waals surface area contributed by atoms with Crippen LogP contribution >= 0.6 is 0 Å². The molecule has 1 fully saturated rings. The van der Waals surface area contributed by atoms with Crippen molar-refractivity contribution < 1.29 is 0 Å². The zero-order valence-electron chi connectivity index (χ0n) is 17.2. The van der Waals surface area contributed by atoms with Gasteiger partial charge in [-0.2, -0.15) is 4.98 Å². The van der Waals surface area contributed by atoms with Crippen LogP contribution < -0.4 is 26.4 Å². The first kappa shape index (κ1) is 19.5. The van der Waals surface area contributed by atoms with E-state index in [9.17, 15) is 0 Å².